The van der Waals surface area contributed by atoms with Gasteiger partial charge in [0.15, 0.2) is 0 Å². The van der Waals surface area contributed by atoms with E-state index in [1.54, 1.807) is 0 Å². The molecule has 0 unspecified atom stereocenters. The van der Waals surface area contributed by atoms with E-state index >= 15 is 0 Å². The molecule has 0 aromatic heterocycles. The summed E-state index contributed by atoms with van der Waals surface area (Å²) < 4.78 is 5.98. The summed E-state index contributed by atoms with van der Waals surface area (Å²) in [5, 5.41) is 12.5. The fourth-order valence-electron chi connectivity index (χ4n) is 2.79. The van der Waals surface area contributed by atoms with Crippen LogP contribution in [0.15, 0.2) is 48.5 Å². The molecule has 3 heteroatoms. The minimum Gasteiger partial charge on any atom is -0.457 e. The van der Waals surface area contributed by atoms with Crippen LogP contribution in [0.25, 0.3) is 0 Å². The van der Waals surface area contributed by atoms with Gasteiger partial charge in [0.2, 0.25) is 0 Å². The van der Waals surface area contributed by atoms with E-state index in [2.05, 4.69) is 29.6 Å². The Balaban J connectivity index is 1.78. The Bertz CT molecular complexity index is 552. The van der Waals surface area contributed by atoms with E-state index < -0.39 is 0 Å². The third-order valence-corrected chi connectivity index (χ3v) is 3.86. The van der Waals surface area contributed by atoms with Crippen molar-refractivity contribution in [2.24, 2.45) is 0 Å². The van der Waals surface area contributed by atoms with E-state index in [0.717, 1.165) is 37.3 Å². The molecule has 0 aliphatic carbocycles. The van der Waals surface area contributed by atoms with Crippen molar-refractivity contribution in [2.45, 2.75) is 25.3 Å². The van der Waals surface area contributed by atoms with Crippen LogP contribution >= 0.6 is 0 Å². The Labute approximate surface area is 125 Å². The second-order valence-electron chi connectivity index (χ2n) is 5.35. The number of aliphatic hydroxyl groups excluding tert-OH is 1. The van der Waals surface area contributed by atoms with E-state index in [9.17, 15) is 0 Å². The summed E-state index contributed by atoms with van der Waals surface area (Å²) in [6.07, 6.45) is 3.00. The highest BCUT2D eigenvalue weighted by Gasteiger charge is 2.25. The van der Waals surface area contributed by atoms with Gasteiger partial charge in [-0.05, 0) is 37.9 Å². The smallest absolute Gasteiger partial charge is 0.132 e. The van der Waals surface area contributed by atoms with E-state index in [-0.39, 0.29) is 12.6 Å². The molecule has 0 bridgehead atoms. The lowest BCUT2D eigenvalue weighted by atomic mass is 9.94. The lowest BCUT2D eigenvalue weighted by molar-refractivity contribution is 0.282. The van der Waals surface area contributed by atoms with E-state index in [4.69, 9.17) is 9.84 Å². The number of rotatable bonds is 6. The van der Waals surface area contributed by atoms with Crippen molar-refractivity contribution in [3.05, 3.63) is 59.7 Å². The topological polar surface area (TPSA) is 41.5 Å². The van der Waals surface area contributed by atoms with Crippen molar-refractivity contribution in [1.82, 2.24) is 5.32 Å². The maximum absolute atomic E-state index is 8.84. The zero-order chi connectivity index (χ0) is 14.5. The number of hydrogen-bond acceptors (Lipinski definition) is 3. The number of nitrogens with one attached hydrogen (secondary N) is 1. The highest BCUT2D eigenvalue weighted by molar-refractivity contribution is 5.52. The first-order chi connectivity index (χ1) is 10.4. The third kappa shape index (κ3) is 3.09. The summed E-state index contributed by atoms with van der Waals surface area (Å²) in [6, 6.07) is 16.6. The van der Waals surface area contributed by atoms with Crippen LogP contribution in [0, 0.1) is 0 Å². The van der Waals surface area contributed by atoms with Crippen LogP contribution in [0.5, 0.6) is 11.5 Å². The molecule has 3 rings (SSSR count). The van der Waals surface area contributed by atoms with Gasteiger partial charge in [-0.2, -0.15) is 0 Å². The van der Waals surface area contributed by atoms with Gasteiger partial charge in [-0.25, -0.2) is 0 Å². The van der Waals surface area contributed by atoms with E-state index in [0.29, 0.717) is 0 Å². The molecule has 1 aliphatic rings. The number of hydrogen-bond donors (Lipinski definition) is 2. The third-order valence-electron chi connectivity index (χ3n) is 3.86. The van der Waals surface area contributed by atoms with Crippen LogP contribution in [-0.2, 0) is 0 Å². The van der Waals surface area contributed by atoms with Gasteiger partial charge >= 0.3 is 0 Å². The van der Waals surface area contributed by atoms with Gasteiger partial charge in [-0.15, -0.1) is 0 Å². The summed E-state index contributed by atoms with van der Waals surface area (Å²) in [4.78, 5) is 0. The molecule has 2 aromatic carbocycles. The van der Waals surface area contributed by atoms with Crippen LogP contribution in [-0.4, -0.2) is 18.3 Å². The minimum absolute atomic E-state index is 0.181. The van der Waals surface area contributed by atoms with Gasteiger partial charge in [0.25, 0.3) is 0 Å². The number of unbranched alkanes of at least 4 members (excludes halogenated alkanes) is 2. The molecular weight excluding hydrogens is 262 g/mol. The van der Waals surface area contributed by atoms with Crippen molar-refractivity contribution in [3.8, 4) is 11.5 Å². The molecule has 0 amide bonds. The van der Waals surface area contributed by atoms with E-state index in [1.807, 2.05) is 24.3 Å². The van der Waals surface area contributed by atoms with Crippen molar-refractivity contribution >= 4 is 0 Å². The molecule has 2 aromatic rings. The van der Waals surface area contributed by atoms with Crippen molar-refractivity contribution in [1.29, 1.82) is 0 Å². The maximum Gasteiger partial charge on any atom is 0.132 e. The first-order valence-electron chi connectivity index (χ1n) is 7.60. The first-order valence-corrected chi connectivity index (χ1v) is 7.60. The van der Waals surface area contributed by atoms with Gasteiger partial charge in [-0.1, -0.05) is 36.4 Å². The predicted molar refractivity (Wildman–Crippen MR) is 83.7 cm³/mol. The average Bonchev–Trinajstić information content (AvgIpc) is 2.53. The Morgan fingerprint density at radius 1 is 0.857 bits per heavy atom. The zero-order valence-electron chi connectivity index (χ0n) is 12.1. The molecular formula is C18H21NO2. The molecule has 3 nitrogen and oxygen atoms in total. The summed E-state index contributed by atoms with van der Waals surface area (Å²) in [7, 11) is 0. The average molecular weight is 283 g/mol. The highest BCUT2D eigenvalue weighted by atomic mass is 16.5. The van der Waals surface area contributed by atoms with Crippen molar-refractivity contribution < 1.29 is 9.84 Å². The Hall–Kier alpha value is -1.84. The lowest BCUT2D eigenvalue weighted by Gasteiger charge is -2.29. The van der Waals surface area contributed by atoms with E-state index in [1.165, 1.54) is 11.1 Å². The number of aliphatic hydroxyl groups is 1. The normalized spacial score (nSPS) is 13.4. The van der Waals surface area contributed by atoms with Crippen LogP contribution < -0.4 is 10.1 Å². The van der Waals surface area contributed by atoms with Gasteiger partial charge in [-0.3, -0.25) is 0 Å². The lowest BCUT2D eigenvalue weighted by Crippen LogP contribution is -2.26. The number of ether oxygens (including phenoxy) is 1. The Morgan fingerprint density at radius 2 is 1.48 bits per heavy atom. The minimum atomic E-state index is 0.181. The molecule has 2 N–H and O–H groups in total. The molecule has 1 aliphatic heterocycles. The molecule has 110 valence electrons. The zero-order valence-corrected chi connectivity index (χ0v) is 12.1. The first kappa shape index (κ1) is 14.1. The van der Waals surface area contributed by atoms with Crippen LogP contribution in [0.4, 0.5) is 0 Å². The summed E-state index contributed by atoms with van der Waals surface area (Å²) in [5.74, 6) is 1.87. The molecule has 0 spiro atoms. The monoisotopic (exact) mass is 283 g/mol. The van der Waals surface area contributed by atoms with Gasteiger partial charge in [0.1, 0.15) is 11.5 Å². The van der Waals surface area contributed by atoms with Crippen LogP contribution in [0.1, 0.15) is 36.4 Å². The molecule has 0 saturated carbocycles. The summed E-state index contributed by atoms with van der Waals surface area (Å²) in [5.41, 5.74) is 2.39. The second kappa shape index (κ2) is 6.74. The fourth-order valence-corrected chi connectivity index (χ4v) is 2.79. The standard InChI is InChI=1S/C18H21NO2/c20-13-7-1-6-12-19-18-14-8-2-4-10-16(14)21-17-11-5-3-9-15(17)18/h2-5,8-11,18-20H,1,6-7,12-13H2. The Kier molecular flexibility index (Phi) is 4.53. The number of fused-ring (bicyclic) bond motifs is 2. The SMILES string of the molecule is OCCCCCNC1c2ccccc2Oc2ccccc21. The van der Waals surface area contributed by atoms with Crippen LogP contribution in [0.2, 0.25) is 0 Å². The molecule has 0 saturated heterocycles. The highest BCUT2D eigenvalue weighted by Crippen LogP contribution is 2.42. The van der Waals surface area contributed by atoms with Gasteiger partial charge in [0, 0.05) is 17.7 Å². The van der Waals surface area contributed by atoms with Crippen molar-refractivity contribution in [3.63, 3.8) is 0 Å². The van der Waals surface area contributed by atoms with Crippen LogP contribution in [0.3, 0.4) is 0 Å². The summed E-state index contributed by atoms with van der Waals surface area (Å²) in [6.45, 7) is 1.22. The summed E-state index contributed by atoms with van der Waals surface area (Å²) >= 11 is 0. The fraction of sp³-hybridized carbons (Fsp3) is 0.333. The molecule has 21 heavy (non-hydrogen) atoms. The molecule has 0 radical (unpaired) electrons. The number of benzene rings is 2. The van der Waals surface area contributed by atoms with Gasteiger partial charge < -0.3 is 15.2 Å². The maximum atomic E-state index is 8.84. The second-order valence-corrected chi connectivity index (χ2v) is 5.35. The van der Waals surface area contributed by atoms with Gasteiger partial charge in [0.05, 0.1) is 6.04 Å². The predicted octanol–water partition coefficient (Wildman–Crippen LogP) is 3.63. The Morgan fingerprint density at radius 3 is 2.10 bits per heavy atom. The largest absolute Gasteiger partial charge is 0.457 e. The molecule has 0 atom stereocenters. The molecule has 1 heterocycles. The quantitative estimate of drug-likeness (QED) is 0.795. The van der Waals surface area contributed by atoms with Crippen molar-refractivity contribution in [2.75, 3.05) is 13.2 Å². The molecule has 0 fully saturated rings. The number of para-hydroxylation sites is 2.